The van der Waals surface area contributed by atoms with E-state index < -0.39 is 0 Å². The zero-order chi connectivity index (χ0) is 15.4. The number of benzene rings is 1. The van der Waals surface area contributed by atoms with Gasteiger partial charge in [0, 0.05) is 7.05 Å². The maximum atomic E-state index is 6.17. The Bertz CT molecular complexity index is 596. The quantitative estimate of drug-likeness (QED) is 0.629. The second-order valence-corrected chi connectivity index (χ2v) is 5.02. The third-order valence-electron chi connectivity index (χ3n) is 3.36. The second-order valence-electron chi connectivity index (χ2n) is 4.61. The lowest BCUT2D eigenvalue weighted by atomic mass is 10.0. The molecule has 0 spiro atoms. The average Bonchev–Trinajstić information content (AvgIpc) is 2.83. The Morgan fingerprint density at radius 1 is 1.33 bits per heavy atom. The molecule has 2 aromatic rings. The number of nitrogens with two attached hydrogens (primary N) is 1. The molecule has 1 aromatic carbocycles. The molecular weight excluding hydrogens is 292 g/mol. The molecule has 1 aromatic heterocycles. The van der Waals surface area contributed by atoms with Crippen LogP contribution >= 0.6 is 11.6 Å². The summed E-state index contributed by atoms with van der Waals surface area (Å²) < 4.78 is 12.3. The highest BCUT2D eigenvalue weighted by atomic mass is 35.5. The normalized spacial score (nSPS) is 12.2. The standard InChI is InChI=1S/C14H19ClN4O2/c1-19-14(10(15)8-17-19)11(18-16)6-9-4-5-12(20-2)13(7-9)21-3/h4-5,7-8,11,18H,6,16H2,1-3H3. The van der Waals surface area contributed by atoms with E-state index in [1.807, 2.05) is 25.2 Å². The molecule has 0 amide bonds. The Morgan fingerprint density at radius 2 is 2.05 bits per heavy atom. The molecule has 1 atom stereocenters. The van der Waals surface area contributed by atoms with Gasteiger partial charge in [0.15, 0.2) is 11.5 Å². The van der Waals surface area contributed by atoms with Gasteiger partial charge in [0.25, 0.3) is 0 Å². The fourth-order valence-corrected chi connectivity index (χ4v) is 2.59. The minimum absolute atomic E-state index is 0.150. The van der Waals surface area contributed by atoms with Crippen molar-refractivity contribution in [2.45, 2.75) is 12.5 Å². The average molecular weight is 311 g/mol. The first-order valence-electron chi connectivity index (χ1n) is 6.45. The predicted molar refractivity (Wildman–Crippen MR) is 81.5 cm³/mol. The Hall–Kier alpha value is -1.76. The zero-order valence-corrected chi connectivity index (χ0v) is 13.0. The molecule has 0 aliphatic carbocycles. The first-order chi connectivity index (χ1) is 10.1. The van der Waals surface area contributed by atoms with E-state index in [1.54, 1.807) is 25.1 Å². The second kappa shape index (κ2) is 6.80. The molecule has 0 saturated carbocycles. The Labute approximate surface area is 128 Å². The molecule has 0 aliphatic rings. The van der Waals surface area contributed by atoms with Gasteiger partial charge in [-0.25, -0.2) is 0 Å². The fourth-order valence-electron chi connectivity index (χ4n) is 2.29. The molecule has 2 rings (SSSR count). The van der Waals surface area contributed by atoms with Crippen LogP contribution in [0.4, 0.5) is 0 Å². The Morgan fingerprint density at radius 3 is 2.57 bits per heavy atom. The van der Waals surface area contributed by atoms with Crippen molar-refractivity contribution in [3.05, 3.63) is 40.7 Å². The molecular formula is C14H19ClN4O2. The Balaban J connectivity index is 2.27. The summed E-state index contributed by atoms with van der Waals surface area (Å²) in [6, 6.07) is 5.61. The summed E-state index contributed by atoms with van der Waals surface area (Å²) in [7, 11) is 5.05. The SMILES string of the molecule is COc1ccc(CC(NN)c2c(Cl)cnn2C)cc1OC. The van der Waals surface area contributed by atoms with Crippen molar-refractivity contribution in [3.8, 4) is 11.5 Å². The number of methoxy groups -OCH3 is 2. The molecule has 6 nitrogen and oxygen atoms in total. The lowest BCUT2D eigenvalue weighted by Crippen LogP contribution is -2.31. The minimum atomic E-state index is -0.150. The molecule has 3 N–H and O–H groups in total. The molecule has 1 unspecified atom stereocenters. The third kappa shape index (κ3) is 3.29. The van der Waals surface area contributed by atoms with Gasteiger partial charge < -0.3 is 9.47 Å². The van der Waals surface area contributed by atoms with Crippen molar-refractivity contribution in [1.29, 1.82) is 0 Å². The van der Waals surface area contributed by atoms with Crippen molar-refractivity contribution in [2.75, 3.05) is 14.2 Å². The van der Waals surface area contributed by atoms with Crippen molar-refractivity contribution < 1.29 is 9.47 Å². The number of hydrazine groups is 1. The third-order valence-corrected chi connectivity index (χ3v) is 3.65. The van der Waals surface area contributed by atoms with Crippen LogP contribution in [0.15, 0.2) is 24.4 Å². The van der Waals surface area contributed by atoms with Crippen LogP contribution in [0.2, 0.25) is 5.02 Å². The summed E-state index contributed by atoms with van der Waals surface area (Å²) in [5.41, 5.74) is 4.67. The van der Waals surface area contributed by atoms with Crippen LogP contribution in [0.1, 0.15) is 17.3 Å². The van der Waals surface area contributed by atoms with Crippen LogP contribution in [-0.4, -0.2) is 24.0 Å². The number of nitrogens with one attached hydrogen (secondary N) is 1. The van der Waals surface area contributed by atoms with E-state index in [1.165, 1.54) is 0 Å². The topological polar surface area (TPSA) is 74.3 Å². The maximum absolute atomic E-state index is 6.17. The van der Waals surface area contributed by atoms with Crippen LogP contribution in [0.5, 0.6) is 11.5 Å². The van der Waals surface area contributed by atoms with Crippen molar-refractivity contribution in [2.24, 2.45) is 12.9 Å². The van der Waals surface area contributed by atoms with Crippen LogP contribution in [0.25, 0.3) is 0 Å². The van der Waals surface area contributed by atoms with Crippen molar-refractivity contribution in [1.82, 2.24) is 15.2 Å². The lowest BCUT2D eigenvalue weighted by molar-refractivity contribution is 0.354. The van der Waals surface area contributed by atoms with Gasteiger partial charge in [0.2, 0.25) is 0 Å². The summed E-state index contributed by atoms with van der Waals surface area (Å²) in [5, 5.41) is 4.72. The maximum Gasteiger partial charge on any atom is 0.160 e. The first kappa shape index (κ1) is 15.6. The number of hydrogen-bond donors (Lipinski definition) is 2. The van der Waals surface area contributed by atoms with Gasteiger partial charge in [-0.3, -0.25) is 16.0 Å². The van der Waals surface area contributed by atoms with Crippen LogP contribution < -0.4 is 20.7 Å². The summed E-state index contributed by atoms with van der Waals surface area (Å²) in [5.74, 6) is 7.04. The molecule has 7 heteroatoms. The van der Waals surface area contributed by atoms with Crippen LogP contribution in [-0.2, 0) is 13.5 Å². The smallest absolute Gasteiger partial charge is 0.160 e. The number of hydrogen-bond acceptors (Lipinski definition) is 5. The molecule has 1 heterocycles. The monoisotopic (exact) mass is 310 g/mol. The van der Waals surface area contributed by atoms with E-state index in [4.69, 9.17) is 26.9 Å². The minimum Gasteiger partial charge on any atom is -0.493 e. The van der Waals surface area contributed by atoms with E-state index >= 15 is 0 Å². The molecule has 114 valence electrons. The molecule has 0 radical (unpaired) electrons. The van der Waals surface area contributed by atoms with Crippen molar-refractivity contribution in [3.63, 3.8) is 0 Å². The van der Waals surface area contributed by atoms with E-state index in [9.17, 15) is 0 Å². The van der Waals surface area contributed by atoms with Gasteiger partial charge in [-0.15, -0.1) is 0 Å². The molecule has 21 heavy (non-hydrogen) atoms. The number of aromatic nitrogens is 2. The van der Waals surface area contributed by atoms with E-state index in [2.05, 4.69) is 10.5 Å². The largest absolute Gasteiger partial charge is 0.493 e. The zero-order valence-electron chi connectivity index (χ0n) is 12.3. The highest BCUT2D eigenvalue weighted by Gasteiger charge is 2.19. The molecule has 0 saturated heterocycles. The Kier molecular flexibility index (Phi) is 5.06. The lowest BCUT2D eigenvalue weighted by Gasteiger charge is -2.18. The van der Waals surface area contributed by atoms with Crippen LogP contribution in [0.3, 0.4) is 0 Å². The highest BCUT2D eigenvalue weighted by Crippen LogP contribution is 2.30. The molecule has 0 bridgehead atoms. The number of halogens is 1. The summed E-state index contributed by atoms with van der Waals surface area (Å²) in [4.78, 5) is 0. The number of rotatable bonds is 6. The molecule has 0 aliphatic heterocycles. The van der Waals surface area contributed by atoms with Crippen molar-refractivity contribution >= 4 is 11.6 Å². The van der Waals surface area contributed by atoms with Gasteiger partial charge in [-0.2, -0.15) is 5.10 Å². The van der Waals surface area contributed by atoms with E-state index in [0.717, 1.165) is 11.3 Å². The fraction of sp³-hybridized carbons (Fsp3) is 0.357. The summed E-state index contributed by atoms with van der Waals surface area (Å²) in [6.45, 7) is 0. The predicted octanol–water partition coefficient (Wildman–Crippen LogP) is 1.84. The number of nitrogens with zero attached hydrogens (tertiary/aromatic N) is 2. The van der Waals surface area contributed by atoms with Crippen LogP contribution in [0, 0.1) is 0 Å². The summed E-state index contributed by atoms with van der Waals surface area (Å²) >= 11 is 6.17. The number of ether oxygens (including phenoxy) is 2. The van der Waals surface area contributed by atoms with Gasteiger partial charge >= 0.3 is 0 Å². The van der Waals surface area contributed by atoms with Gasteiger partial charge in [-0.1, -0.05) is 17.7 Å². The summed E-state index contributed by atoms with van der Waals surface area (Å²) in [6.07, 6.45) is 2.26. The first-order valence-corrected chi connectivity index (χ1v) is 6.83. The highest BCUT2D eigenvalue weighted by molar-refractivity contribution is 6.31. The van der Waals surface area contributed by atoms with Gasteiger partial charge in [0.05, 0.1) is 37.2 Å². The van der Waals surface area contributed by atoms with Gasteiger partial charge in [0.1, 0.15) is 0 Å². The number of aryl methyl sites for hydroxylation is 1. The molecule has 0 fully saturated rings. The van der Waals surface area contributed by atoms with Gasteiger partial charge in [-0.05, 0) is 24.1 Å². The van der Waals surface area contributed by atoms with E-state index in [-0.39, 0.29) is 6.04 Å². The van der Waals surface area contributed by atoms with E-state index in [0.29, 0.717) is 22.9 Å².